The van der Waals surface area contributed by atoms with Gasteiger partial charge in [-0.05, 0) is 56.5 Å². The third kappa shape index (κ3) is 7.79. The summed E-state index contributed by atoms with van der Waals surface area (Å²) in [6.07, 6.45) is 16.0. The maximum Gasteiger partial charge on any atom is 0.154 e. The average molecular weight is 548 g/mol. The van der Waals surface area contributed by atoms with Crippen molar-refractivity contribution in [2.75, 3.05) is 20.7 Å². The Morgan fingerprint density at radius 3 is 2.45 bits per heavy atom. The second-order valence-electron chi connectivity index (χ2n) is 10.2. The Kier molecular flexibility index (Phi) is 12.4. The van der Waals surface area contributed by atoms with Gasteiger partial charge in [0.1, 0.15) is 11.3 Å². The van der Waals surface area contributed by atoms with Gasteiger partial charge >= 0.3 is 0 Å². The summed E-state index contributed by atoms with van der Waals surface area (Å²) in [7, 11) is 3.61. The van der Waals surface area contributed by atoms with Crippen molar-refractivity contribution in [3.8, 4) is 0 Å². The van der Waals surface area contributed by atoms with Crippen LogP contribution in [-0.2, 0) is 4.79 Å². The summed E-state index contributed by atoms with van der Waals surface area (Å²) in [6.45, 7) is 5.08. The minimum absolute atomic E-state index is 0.0900. The van der Waals surface area contributed by atoms with E-state index in [-0.39, 0.29) is 18.5 Å². The number of aliphatic hydroxyl groups excluding tert-OH is 1. The van der Waals surface area contributed by atoms with Crippen molar-refractivity contribution >= 4 is 23.0 Å². The minimum atomic E-state index is -0.441. The van der Waals surface area contributed by atoms with E-state index in [2.05, 4.69) is 26.9 Å². The summed E-state index contributed by atoms with van der Waals surface area (Å²) >= 11 is 0. The molecule has 214 valence electrons. The van der Waals surface area contributed by atoms with Crippen LogP contribution in [0, 0.1) is 11.7 Å². The first-order chi connectivity index (χ1) is 19.5. The molecule has 1 fully saturated rings. The van der Waals surface area contributed by atoms with Crippen LogP contribution in [0.4, 0.5) is 4.39 Å². The number of aromatic amines is 1. The number of carbonyl (C=O) groups excluding carboxylic acids is 1. The summed E-state index contributed by atoms with van der Waals surface area (Å²) in [5.74, 6) is 0.501. The van der Waals surface area contributed by atoms with E-state index in [1.54, 1.807) is 44.6 Å². The summed E-state index contributed by atoms with van der Waals surface area (Å²) in [5, 5.41) is 13.4. The minimum Gasteiger partial charge on any atom is -0.395 e. The van der Waals surface area contributed by atoms with Gasteiger partial charge in [-0.25, -0.2) is 9.37 Å². The smallest absolute Gasteiger partial charge is 0.154 e. The van der Waals surface area contributed by atoms with Gasteiger partial charge in [-0.3, -0.25) is 14.8 Å². The Morgan fingerprint density at radius 2 is 1.88 bits per heavy atom. The highest BCUT2D eigenvalue weighted by molar-refractivity contribution is 6.13. The molecule has 4 rings (SSSR count). The molecule has 0 spiro atoms. The van der Waals surface area contributed by atoms with Gasteiger partial charge in [0, 0.05) is 42.2 Å². The lowest BCUT2D eigenvalue weighted by molar-refractivity contribution is -0.104. The number of halogens is 1. The fraction of sp³-hybridized carbons (Fsp3) is 0.438. The van der Waals surface area contributed by atoms with E-state index in [4.69, 9.17) is 4.98 Å². The Bertz CT molecular complexity index is 1290. The van der Waals surface area contributed by atoms with Crippen molar-refractivity contribution in [2.45, 2.75) is 63.8 Å². The molecule has 1 aliphatic carbocycles. The molecule has 3 aromatic rings. The highest BCUT2D eigenvalue weighted by Gasteiger charge is 2.27. The molecule has 8 heteroatoms. The number of aliphatic hydroxyl groups is 1. The number of fused-ring (bicyclic) bond motifs is 1. The summed E-state index contributed by atoms with van der Waals surface area (Å²) in [5.41, 5.74) is 3.66. The van der Waals surface area contributed by atoms with E-state index >= 15 is 4.39 Å². The van der Waals surface area contributed by atoms with Gasteiger partial charge in [0.15, 0.2) is 12.1 Å². The Labute approximate surface area is 236 Å². The molecule has 2 unspecified atom stereocenters. The van der Waals surface area contributed by atoms with Crippen molar-refractivity contribution < 1.29 is 14.3 Å². The van der Waals surface area contributed by atoms with E-state index in [1.807, 2.05) is 25.2 Å². The third-order valence-electron chi connectivity index (χ3n) is 7.71. The number of imidazole rings is 1. The second kappa shape index (κ2) is 15.9. The van der Waals surface area contributed by atoms with Gasteiger partial charge in [-0.15, -0.1) is 0 Å². The highest BCUT2D eigenvalue weighted by Crippen LogP contribution is 2.34. The Balaban J connectivity index is 0.000000378. The summed E-state index contributed by atoms with van der Waals surface area (Å²) in [6, 6.07) is 7.34. The predicted octanol–water partition coefficient (Wildman–Crippen LogP) is 6.23. The first kappa shape index (κ1) is 31.0. The molecule has 1 aliphatic rings. The van der Waals surface area contributed by atoms with Gasteiger partial charge in [0.2, 0.25) is 0 Å². The molecule has 1 saturated carbocycles. The third-order valence-corrected chi connectivity index (χ3v) is 7.71. The average Bonchev–Trinajstić information content (AvgIpc) is 3.40. The molecule has 7 nitrogen and oxygen atoms in total. The van der Waals surface area contributed by atoms with Gasteiger partial charge in [-0.1, -0.05) is 56.9 Å². The molecule has 0 saturated heterocycles. The molecule has 3 N–H and O–H groups in total. The predicted molar refractivity (Wildman–Crippen MR) is 160 cm³/mol. The fourth-order valence-corrected chi connectivity index (χ4v) is 5.39. The van der Waals surface area contributed by atoms with Crippen molar-refractivity contribution in [1.82, 2.24) is 20.3 Å². The van der Waals surface area contributed by atoms with Crippen LogP contribution in [0.15, 0.2) is 66.0 Å². The van der Waals surface area contributed by atoms with Crippen LogP contribution in [0.3, 0.4) is 0 Å². The maximum absolute atomic E-state index is 15.5. The normalized spacial score (nSPS) is 16.8. The number of aromatic nitrogens is 3. The van der Waals surface area contributed by atoms with Crippen molar-refractivity contribution in [2.24, 2.45) is 10.9 Å². The molecule has 0 radical (unpaired) electrons. The van der Waals surface area contributed by atoms with Gasteiger partial charge in [0.05, 0.1) is 18.2 Å². The van der Waals surface area contributed by atoms with E-state index in [0.717, 1.165) is 23.4 Å². The molecule has 2 atom stereocenters. The van der Waals surface area contributed by atoms with Crippen molar-refractivity contribution in [3.63, 3.8) is 0 Å². The number of aliphatic imine (C=N–C) groups is 1. The van der Waals surface area contributed by atoms with E-state index in [0.29, 0.717) is 28.1 Å². The standard InChI is InChI=1S/C24H31FN4O.C8H11NO/c1-26-22(17-7-5-3-2-4-6-8-17)24-28-20-10-9-18(21(25)23(20)29-24)19(15-30)16-11-13-27-14-12-16;1-4-5-8(6-10)7(2)9-3/h9-14,17,19,22,26,30H,2-8,15H2,1H3,(H,28,29);4-6H,1H2,2-3H3/b;8-5-,9-7?. The molecular formula is C32H42FN5O2. The molecule has 2 aromatic heterocycles. The SMILES string of the molecule is C=C/C=C(/C=O)C(C)=NC.CNC(c1nc2c(F)c(C(CO)c3ccncc3)ccc2[nH]1)C1CCCCCCC1. The summed E-state index contributed by atoms with van der Waals surface area (Å²) in [4.78, 5) is 26.2. The van der Waals surface area contributed by atoms with Gasteiger partial charge in [0.25, 0.3) is 0 Å². The van der Waals surface area contributed by atoms with Crippen LogP contribution in [-0.4, -0.2) is 52.8 Å². The largest absolute Gasteiger partial charge is 0.395 e. The monoisotopic (exact) mass is 547 g/mol. The number of aldehydes is 1. The van der Waals surface area contributed by atoms with Crippen LogP contribution in [0.25, 0.3) is 11.0 Å². The lowest BCUT2D eigenvalue weighted by Gasteiger charge is -2.27. The zero-order chi connectivity index (χ0) is 28.9. The number of allylic oxidation sites excluding steroid dienone is 3. The topological polar surface area (TPSA) is 103 Å². The number of hydrogen-bond acceptors (Lipinski definition) is 6. The van der Waals surface area contributed by atoms with Crippen molar-refractivity contribution in [1.29, 1.82) is 0 Å². The van der Waals surface area contributed by atoms with Crippen LogP contribution in [0.5, 0.6) is 0 Å². The quantitative estimate of drug-likeness (QED) is 0.128. The number of rotatable bonds is 9. The number of pyridine rings is 1. The fourth-order valence-electron chi connectivity index (χ4n) is 5.39. The van der Waals surface area contributed by atoms with E-state index in [1.165, 1.54) is 44.9 Å². The number of carbonyl (C=O) groups is 1. The Morgan fingerprint density at radius 1 is 1.20 bits per heavy atom. The molecule has 0 bridgehead atoms. The summed E-state index contributed by atoms with van der Waals surface area (Å²) < 4.78 is 15.5. The maximum atomic E-state index is 15.5. The molecule has 40 heavy (non-hydrogen) atoms. The highest BCUT2D eigenvalue weighted by atomic mass is 19.1. The first-order valence-electron chi connectivity index (χ1n) is 14.1. The molecule has 2 heterocycles. The first-order valence-corrected chi connectivity index (χ1v) is 14.1. The van der Waals surface area contributed by atoms with Gasteiger partial charge in [-0.2, -0.15) is 0 Å². The van der Waals surface area contributed by atoms with Crippen molar-refractivity contribution in [3.05, 3.63) is 83.7 Å². The van der Waals surface area contributed by atoms with Crippen LogP contribution in [0.2, 0.25) is 0 Å². The number of benzene rings is 1. The van der Waals surface area contributed by atoms with E-state index in [9.17, 15) is 9.90 Å². The van der Waals surface area contributed by atoms with E-state index < -0.39 is 5.92 Å². The number of hydrogen-bond donors (Lipinski definition) is 3. The van der Waals surface area contributed by atoms with Crippen LogP contribution in [0.1, 0.15) is 80.8 Å². The molecule has 1 aromatic carbocycles. The van der Waals surface area contributed by atoms with Crippen LogP contribution < -0.4 is 5.32 Å². The zero-order valence-electron chi connectivity index (χ0n) is 23.9. The number of nitrogens with zero attached hydrogens (tertiary/aromatic N) is 3. The lowest BCUT2D eigenvalue weighted by Crippen LogP contribution is -2.27. The number of nitrogens with one attached hydrogen (secondary N) is 2. The number of H-pyrrole nitrogens is 1. The molecule has 0 amide bonds. The Hall–Kier alpha value is -3.49. The van der Waals surface area contributed by atoms with Gasteiger partial charge < -0.3 is 15.4 Å². The van der Waals surface area contributed by atoms with Crippen LogP contribution >= 0.6 is 0 Å². The zero-order valence-corrected chi connectivity index (χ0v) is 23.9. The molecule has 0 aliphatic heterocycles. The second-order valence-corrected chi connectivity index (χ2v) is 10.2. The lowest BCUT2D eigenvalue weighted by atomic mass is 9.85. The molecular weight excluding hydrogens is 505 g/mol.